The molecule has 0 saturated carbocycles. The van der Waals surface area contributed by atoms with Crippen molar-refractivity contribution in [3.05, 3.63) is 59.0 Å². The Morgan fingerprint density at radius 1 is 1.14 bits per heavy atom. The highest BCUT2D eigenvalue weighted by Crippen LogP contribution is 2.34. The summed E-state index contributed by atoms with van der Waals surface area (Å²) < 4.78 is 10.9. The first kappa shape index (κ1) is 20.9. The standard InChI is InChI=1S/C21H20N2O4S2/c1-26-16-9-7-15(8-10-16)22-19(24)11-12-23-20(25)18(29-21(23)28)13-14-5-3-4-6-17(14)27-2/h3-10,13H,11-12H2,1-2H3,(H,22,24)/b18-13-. The highest BCUT2D eigenvalue weighted by molar-refractivity contribution is 8.26. The van der Waals surface area contributed by atoms with E-state index in [1.54, 1.807) is 44.6 Å². The number of carbonyl (C=O) groups excluding carboxylic acids is 2. The van der Waals surface area contributed by atoms with Crippen molar-refractivity contribution in [2.75, 3.05) is 26.1 Å². The third-order valence-corrected chi connectivity index (χ3v) is 5.61. The molecule has 1 aliphatic rings. The Hall–Kier alpha value is -2.84. The number of rotatable bonds is 7. The molecule has 0 bridgehead atoms. The molecule has 0 aliphatic carbocycles. The zero-order valence-electron chi connectivity index (χ0n) is 16.0. The van der Waals surface area contributed by atoms with E-state index in [1.165, 1.54) is 16.7 Å². The van der Waals surface area contributed by atoms with Crippen LogP contribution in [0.1, 0.15) is 12.0 Å². The number of hydrogen-bond acceptors (Lipinski definition) is 6. The number of anilines is 1. The number of nitrogens with zero attached hydrogens (tertiary/aromatic N) is 1. The molecule has 0 aromatic heterocycles. The van der Waals surface area contributed by atoms with Crippen LogP contribution in [0.15, 0.2) is 53.4 Å². The number of ether oxygens (including phenoxy) is 2. The van der Waals surface area contributed by atoms with Gasteiger partial charge in [-0.05, 0) is 36.4 Å². The summed E-state index contributed by atoms with van der Waals surface area (Å²) in [6.07, 6.45) is 1.90. The molecule has 0 radical (unpaired) electrons. The Bertz CT molecular complexity index is 957. The topological polar surface area (TPSA) is 67.9 Å². The van der Waals surface area contributed by atoms with Gasteiger partial charge in [0.15, 0.2) is 0 Å². The van der Waals surface area contributed by atoms with Gasteiger partial charge in [-0.1, -0.05) is 42.2 Å². The Morgan fingerprint density at radius 2 is 1.86 bits per heavy atom. The second-order valence-electron chi connectivity index (χ2n) is 6.10. The first-order valence-electron chi connectivity index (χ1n) is 8.84. The van der Waals surface area contributed by atoms with Gasteiger partial charge in [-0.3, -0.25) is 14.5 Å². The molecular weight excluding hydrogens is 408 g/mol. The van der Waals surface area contributed by atoms with Gasteiger partial charge < -0.3 is 14.8 Å². The second kappa shape index (κ2) is 9.58. The normalized spacial score (nSPS) is 15.0. The zero-order chi connectivity index (χ0) is 20.8. The minimum absolute atomic E-state index is 0.139. The van der Waals surface area contributed by atoms with Crippen LogP contribution in [0, 0.1) is 0 Å². The van der Waals surface area contributed by atoms with E-state index in [0.29, 0.717) is 26.4 Å². The van der Waals surface area contributed by atoms with Crippen LogP contribution < -0.4 is 14.8 Å². The summed E-state index contributed by atoms with van der Waals surface area (Å²) in [5.41, 5.74) is 1.46. The molecule has 1 aliphatic heterocycles. The van der Waals surface area contributed by atoms with E-state index in [-0.39, 0.29) is 24.8 Å². The van der Waals surface area contributed by atoms with Gasteiger partial charge in [-0.2, -0.15) is 0 Å². The fourth-order valence-corrected chi connectivity index (χ4v) is 4.03. The van der Waals surface area contributed by atoms with E-state index in [1.807, 2.05) is 24.3 Å². The SMILES string of the molecule is COc1ccc(NC(=O)CCN2C(=O)/C(=C/c3ccccc3OC)SC2=S)cc1. The molecule has 2 aromatic rings. The zero-order valence-corrected chi connectivity index (χ0v) is 17.6. The van der Waals surface area contributed by atoms with Gasteiger partial charge >= 0.3 is 0 Å². The maximum atomic E-state index is 12.7. The Labute approximate surface area is 178 Å². The first-order valence-corrected chi connectivity index (χ1v) is 10.1. The molecule has 8 heteroatoms. The Balaban J connectivity index is 1.61. The van der Waals surface area contributed by atoms with E-state index < -0.39 is 0 Å². The lowest BCUT2D eigenvalue weighted by Gasteiger charge is -2.14. The molecule has 1 N–H and O–H groups in total. The molecule has 2 aromatic carbocycles. The predicted molar refractivity (Wildman–Crippen MR) is 119 cm³/mol. The van der Waals surface area contributed by atoms with Crippen molar-refractivity contribution in [3.63, 3.8) is 0 Å². The van der Waals surface area contributed by atoms with Crippen molar-refractivity contribution in [3.8, 4) is 11.5 Å². The van der Waals surface area contributed by atoms with Crippen LogP contribution in [-0.2, 0) is 9.59 Å². The fraction of sp³-hybridized carbons (Fsp3) is 0.190. The van der Waals surface area contributed by atoms with Crippen LogP contribution in [0.4, 0.5) is 5.69 Å². The van der Waals surface area contributed by atoms with Gasteiger partial charge in [-0.25, -0.2) is 0 Å². The molecule has 3 rings (SSSR count). The van der Waals surface area contributed by atoms with Crippen molar-refractivity contribution in [1.29, 1.82) is 0 Å². The molecule has 0 unspecified atom stereocenters. The number of nitrogens with one attached hydrogen (secondary N) is 1. The van der Waals surface area contributed by atoms with E-state index in [9.17, 15) is 9.59 Å². The number of para-hydroxylation sites is 1. The van der Waals surface area contributed by atoms with Gasteiger partial charge in [0.05, 0.1) is 19.1 Å². The minimum Gasteiger partial charge on any atom is -0.497 e. The number of thioether (sulfide) groups is 1. The fourth-order valence-electron chi connectivity index (χ4n) is 2.73. The second-order valence-corrected chi connectivity index (χ2v) is 7.78. The minimum atomic E-state index is -0.205. The molecule has 150 valence electrons. The van der Waals surface area contributed by atoms with Crippen LogP contribution in [0.5, 0.6) is 11.5 Å². The van der Waals surface area contributed by atoms with Crippen molar-refractivity contribution < 1.29 is 19.1 Å². The molecule has 6 nitrogen and oxygen atoms in total. The maximum Gasteiger partial charge on any atom is 0.266 e. The van der Waals surface area contributed by atoms with Crippen LogP contribution >= 0.6 is 24.0 Å². The number of amides is 2. The highest BCUT2D eigenvalue weighted by Gasteiger charge is 2.32. The van der Waals surface area contributed by atoms with Crippen molar-refractivity contribution in [2.45, 2.75) is 6.42 Å². The number of carbonyl (C=O) groups is 2. The number of methoxy groups -OCH3 is 2. The largest absolute Gasteiger partial charge is 0.497 e. The maximum absolute atomic E-state index is 12.7. The number of hydrogen-bond donors (Lipinski definition) is 1. The summed E-state index contributed by atoms with van der Waals surface area (Å²) in [7, 11) is 3.16. The average molecular weight is 429 g/mol. The molecule has 1 heterocycles. The number of thiocarbonyl (C=S) groups is 1. The summed E-state index contributed by atoms with van der Waals surface area (Å²) in [5, 5.41) is 2.80. The molecule has 1 saturated heterocycles. The van der Waals surface area contributed by atoms with Gasteiger partial charge in [-0.15, -0.1) is 0 Å². The third-order valence-electron chi connectivity index (χ3n) is 4.24. The molecule has 29 heavy (non-hydrogen) atoms. The van der Waals surface area contributed by atoms with Gasteiger partial charge in [0.25, 0.3) is 5.91 Å². The summed E-state index contributed by atoms with van der Waals surface area (Å²) in [5.74, 6) is 0.986. The van der Waals surface area contributed by atoms with Gasteiger partial charge in [0, 0.05) is 24.2 Å². The summed E-state index contributed by atoms with van der Waals surface area (Å²) in [6.45, 7) is 0.218. The predicted octanol–water partition coefficient (Wildman–Crippen LogP) is 3.93. The van der Waals surface area contributed by atoms with Crippen LogP contribution in [0.25, 0.3) is 6.08 Å². The van der Waals surface area contributed by atoms with E-state index in [0.717, 1.165) is 5.56 Å². The number of benzene rings is 2. The first-order chi connectivity index (χ1) is 14.0. The van der Waals surface area contributed by atoms with E-state index >= 15 is 0 Å². The van der Waals surface area contributed by atoms with Crippen molar-refractivity contribution >= 4 is 51.9 Å². The molecule has 0 atom stereocenters. The summed E-state index contributed by atoms with van der Waals surface area (Å²) in [6, 6.07) is 14.5. The molecular formula is C21H20N2O4S2. The van der Waals surface area contributed by atoms with E-state index in [4.69, 9.17) is 21.7 Å². The van der Waals surface area contributed by atoms with Crippen LogP contribution in [0.2, 0.25) is 0 Å². The quantitative estimate of drug-likeness (QED) is 0.532. The molecule has 1 fully saturated rings. The lowest BCUT2D eigenvalue weighted by molar-refractivity contribution is -0.122. The van der Waals surface area contributed by atoms with Gasteiger partial charge in [0.1, 0.15) is 15.8 Å². The molecule has 0 spiro atoms. The third kappa shape index (κ3) is 5.16. The van der Waals surface area contributed by atoms with Crippen molar-refractivity contribution in [1.82, 2.24) is 4.90 Å². The van der Waals surface area contributed by atoms with Gasteiger partial charge in [0.2, 0.25) is 5.91 Å². The lowest BCUT2D eigenvalue weighted by Crippen LogP contribution is -2.31. The monoisotopic (exact) mass is 428 g/mol. The summed E-state index contributed by atoms with van der Waals surface area (Å²) >= 11 is 6.56. The average Bonchev–Trinajstić information content (AvgIpc) is 3.00. The highest BCUT2D eigenvalue weighted by atomic mass is 32.2. The van der Waals surface area contributed by atoms with Crippen LogP contribution in [-0.4, -0.2) is 41.8 Å². The van der Waals surface area contributed by atoms with Crippen LogP contribution in [0.3, 0.4) is 0 Å². The van der Waals surface area contributed by atoms with Crippen molar-refractivity contribution in [2.24, 2.45) is 0 Å². The molecule has 2 amide bonds. The Kier molecular flexibility index (Phi) is 6.90. The smallest absolute Gasteiger partial charge is 0.266 e. The summed E-state index contributed by atoms with van der Waals surface area (Å²) in [4.78, 5) is 26.9. The van der Waals surface area contributed by atoms with E-state index in [2.05, 4.69) is 5.32 Å². The Morgan fingerprint density at radius 3 is 2.55 bits per heavy atom. The lowest BCUT2D eigenvalue weighted by atomic mass is 10.2.